The molecule has 0 aliphatic rings. The van der Waals surface area contributed by atoms with Crippen LogP contribution in [0.4, 0.5) is 5.82 Å². The van der Waals surface area contributed by atoms with E-state index in [9.17, 15) is 10.1 Å². The van der Waals surface area contributed by atoms with Gasteiger partial charge in [-0.2, -0.15) is 4.98 Å². The summed E-state index contributed by atoms with van der Waals surface area (Å²) in [7, 11) is 0. The van der Waals surface area contributed by atoms with Crippen molar-refractivity contribution in [3.8, 4) is 11.5 Å². The SMILES string of the molecule is [N-]=[N+]=NCc1nc(-c2nonc2[N+](=O)[O-])no1. The van der Waals surface area contributed by atoms with Crippen LogP contribution in [-0.2, 0) is 6.54 Å². The Morgan fingerprint density at radius 3 is 3.00 bits per heavy atom. The number of azide groups is 1. The highest BCUT2D eigenvalue weighted by molar-refractivity contribution is 5.57. The van der Waals surface area contributed by atoms with Crippen molar-refractivity contribution >= 4 is 5.82 Å². The van der Waals surface area contributed by atoms with E-state index in [4.69, 9.17) is 5.53 Å². The molecule has 0 unspecified atom stereocenters. The summed E-state index contributed by atoms with van der Waals surface area (Å²) in [5.74, 6) is -0.794. The van der Waals surface area contributed by atoms with E-state index in [1.54, 1.807) is 0 Å². The summed E-state index contributed by atoms with van der Waals surface area (Å²) in [5.41, 5.74) is 7.82. The highest BCUT2D eigenvalue weighted by Gasteiger charge is 2.27. The minimum Gasteiger partial charge on any atom is -0.358 e. The summed E-state index contributed by atoms with van der Waals surface area (Å²) >= 11 is 0. The summed E-state index contributed by atoms with van der Waals surface area (Å²) in [5, 5.41) is 23.5. The highest BCUT2D eigenvalue weighted by atomic mass is 16.6. The molecule has 86 valence electrons. The first-order valence-electron chi connectivity index (χ1n) is 4.03. The van der Waals surface area contributed by atoms with Crippen molar-refractivity contribution in [2.75, 3.05) is 0 Å². The number of hydrogen-bond donors (Lipinski definition) is 0. The third kappa shape index (κ3) is 2.00. The van der Waals surface area contributed by atoms with Gasteiger partial charge in [-0.15, -0.1) is 4.63 Å². The molecule has 0 aliphatic carbocycles. The lowest BCUT2D eigenvalue weighted by Crippen LogP contribution is -1.92. The van der Waals surface area contributed by atoms with Crippen LogP contribution in [0.3, 0.4) is 0 Å². The van der Waals surface area contributed by atoms with Crippen molar-refractivity contribution < 1.29 is 14.1 Å². The lowest BCUT2D eigenvalue weighted by molar-refractivity contribution is -0.390. The Bertz CT molecular complexity index is 595. The molecule has 0 N–H and O–H groups in total. The van der Waals surface area contributed by atoms with Gasteiger partial charge in [0.15, 0.2) is 5.16 Å². The molecule has 12 nitrogen and oxygen atoms in total. The first-order chi connectivity index (χ1) is 8.22. The molecule has 0 aromatic carbocycles. The average Bonchev–Trinajstić information content (AvgIpc) is 2.94. The molecule has 0 saturated heterocycles. The topological polar surface area (TPSA) is 170 Å². The molecule has 0 atom stereocenters. The lowest BCUT2D eigenvalue weighted by atomic mass is 10.4. The highest BCUT2D eigenvalue weighted by Crippen LogP contribution is 2.22. The van der Waals surface area contributed by atoms with Crippen LogP contribution in [0.1, 0.15) is 5.89 Å². The molecule has 0 amide bonds. The smallest absolute Gasteiger partial charge is 0.358 e. The fourth-order valence-corrected chi connectivity index (χ4v) is 0.952. The van der Waals surface area contributed by atoms with E-state index < -0.39 is 10.7 Å². The van der Waals surface area contributed by atoms with E-state index in [0.29, 0.717) is 0 Å². The minimum absolute atomic E-state index is 0.00454. The molecule has 2 rings (SSSR count). The molecule has 0 fully saturated rings. The monoisotopic (exact) mass is 238 g/mol. The number of hydrogen-bond acceptors (Lipinski definition) is 9. The van der Waals surface area contributed by atoms with Gasteiger partial charge in [0.2, 0.25) is 11.7 Å². The molecular weight excluding hydrogens is 236 g/mol. The summed E-state index contributed by atoms with van der Waals surface area (Å²) in [6.07, 6.45) is 0. The van der Waals surface area contributed by atoms with Crippen LogP contribution in [0.2, 0.25) is 0 Å². The first-order valence-corrected chi connectivity index (χ1v) is 4.03. The standard InChI is InChI=1S/C5H2N8O4/c6-12-7-1-2-8-4(10-16-2)3-5(13(14)15)11-17-9-3/h1H2. The molecule has 12 heteroatoms. The van der Waals surface area contributed by atoms with Crippen LogP contribution < -0.4 is 0 Å². The summed E-state index contributed by atoms with van der Waals surface area (Å²) < 4.78 is 8.87. The number of aromatic nitrogens is 4. The zero-order chi connectivity index (χ0) is 12.3. The van der Waals surface area contributed by atoms with Gasteiger partial charge in [-0.05, 0) is 15.6 Å². The third-order valence-electron chi connectivity index (χ3n) is 1.59. The maximum atomic E-state index is 10.5. The zero-order valence-electron chi connectivity index (χ0n) is 7.92. The van der Waals surface area contributed by atoms with Gasteiger partial charge in [0.25, 0.3) is 5.69 Å². The number of rotatable bonds is 4. The minimum atomic E-state index is -0.796. The number of nitrogens with zero attached hydrogens (tertiary/aromatic N) is 8. The molecule has 2 aromatic rings. The van der Waals surface area contributed by atoms with Crippen LogP contribution >= 0.6 is 0 Å². The van der Waals surface area contributed by atoms with E-state index in [1.807, 2.05) is 0 Å². The van der Waals surface area contributed by atoms with Gasteiger partial charge < -0.3 is 14.6 Å². The lowest BCUT2D eigenvalue weighted by Gasteiger charge is -1.85. The Kier molecular flexibility index (Phi) is 2.62. The fraction of sp³-hybridized carbons (Fsp3) is 0.200. The molecule has 17 heavy (non-hydrogen) atoms. The second kappa shape index (κ2) is 4.24. The van der Waals surface area contributed by atoms with Gasteiger partial charge >= 0.3 is 5.82 Å². The quantitative estimate of drug-likeness (QED) is 0.248. The van der Waals surface area contributed by atoms with Crippen molar-refractivity contribution in [1.29, 1.82) is 0 Å². The van der Waals surface area contributed by atoms with Gasteiger partial charge in [0, 0.05) is 4.91 Å². The van der Waals surface area contributed by atoms with Gasteiger partial charge in [0.05, 0.1) is 0 Å². The Morgan fingerprint density at radius 1 is 1.47 bits per heavy atom. The van der Waals surface area contributed by atoms with Gasteiger partial charge in [-0.25, -0.2) is 0 Å². The van der Waals surface area contributed by atoms with Crippen LogP contribution in [0.5, 0.6) is 0 Å². The van der Waals surface area contributed by atoms with Crippen molar-refractivity contribution in [2.24, 2.45) is 5.11 Å². The molecule has 2 heterocycles. The van der Waals surface area contributed by atoms with E-state index in [-0.39, 0.29) is 24.0 Å². The summed E-state index contributed by atoms with van der Waals surface area (Å²) in [6, 6.07) is 0. The van der Waals surface area contributed by atoms with E-state index in [1.165, 1.54) is 0 Å². The van der Waals surface area contributed by atoms with E-state index in [0.717, 1.165) is 0 Å². The molecule has 0 aliphatic heterocycles. The predicted molar refractivity (Wildman–Crippen MR) is 47.1 cm³/mol. The van der Waals surface area contributed by atoms with Crippen molar-refractivity contribution in [1.82, 2.24) is 20.5 Å². The second-order valence-electron chi connectivity index (χ2n) is 2.59. The molecule has 0 bridgehead atoms. The maximum Gasteiger partial charge on any atom is 0.446 e. The Hall–Kier alpha value is -3.01. The Balaban J connectivity index is 2.33. The van der Waals surface area contributed by atoms with Crippen LogP contribution in [-0.4, -0.2) is 25.4 Å². The molecule has 0 spiro atoms. The van der Waals surface area contributed by atoms with Gasteiger partial charge in [-0.1, -0.05) is 10.3 Å². The van der Waals surface area contributed by atoms with E-state index in [2.05, 4.69) is 39.6 Å². The van der Waals surface area contributed by atoms with Crippen LogP contribution in [0.15, 0.2) is 14.3 Å². The normalized spacial score (nSPS) is 9.88. The first kappa shape index (κ1) is 10.5. The van der Waals surface area contributed by atoms with Gasteiger partial charge in [0.1, 0.15) is 6.54 Å². The molecule has 2 aromatic heterocycles. The molecule has 0 radical (unpaired) electrons. The third-order valence-corrected chi connectivity index (χ3v) is 1.59. The fourth-order valence-electron chi connectivity index (χ4n) is 0.952. The van der Waals surface area contributed by atoms with Crippen molar-refractivity contribution in [2.45, 2.75) is 6.54 Å². The van der Waals surface area contributed by atoms with E-state index >= 15 is 0 Å². The van der Waals surface area contributed by atoms with Gasteiger partial charge in [-0.3, -0.25) is 0 Å². The number of nitro groups is 1. The van der Waals surface area contributed by atoms with Crippen LogP contribution in [0.25, 0.3) is 22.0 Å². The van der Waals surface area contributed by atoms with Crippen LogP contribution in [0, 0.1) is 10.1 Å². The largest absolute Gasteiger partial charge is 0.446 e. The average molecular weight is 238 g/mol. The second-order valence-corrected chi connectivity index (χ2v) is 2.59. The van der Waals surface area contributed by atoms with Crippen molar-refractivity contribution in [3.05, 3.63) is 26.4 Å². The summed E-state index contributed by atoms with van der Waals surface area (Å²) in [4.78, 5) is 15.9. The Labute approximate surface area is 91.0 Å². The Morgan fingerprint density at radius 2 is 2.29 bits per heavy atom. The summed E-state index contributed by atoms with van der Waals surface area (Å²) in [6.45, 7) is -0.164. The zero-order valence-corrected chi connectivity index (χ0v) is 7.92. The molecule has 0 saturated carbocycles. The maximum absolute atomic E-state index is 10.5. The molecular formula is C5H2N8O4. The predicted octanol–water partition coefficient (Wildman–Crippen LogP) is 0.838. The van der Waals surface area contributed by atoms with Crippen molar-refractivity contribution in [3.63, 3.8) is 0 Å².